The van der Waals surface area contributed by atoms with Gasteiger partial charge in [-0.1, -0.05) is 42.5 Å². The van der Waals surface area contributed by atoms with Gasteiger partial charge in [0.15, 0.2) is 0 Å². The van der Waals surface area contributed by atoms with Crippen LogP contribution in [0.2, 0.25) is 0 Å². The number of nitrogens with one attached hydrogen (secondary N) is 2. The maximum absolute atomic E-state index is 12.5. The van der Waals surface area contributed by atoms with Crippen LogP contribution >= 0.6 is 0 Å². The van der Waals surface area contributed by atoms with Crippen LogP contribution in [0.1, 0.15) is 23.7 Å². The molecule has 0 aromatic heterocycles. The van der Waals surface area contributed by atoms with E-state index in [-0.39, 0.29) is 18.0 Å². The number of hydrogen-bond acceptors (Lipinski definition) is 5. The number of hydrogen-bond donors (Lipinski definition) is 2. The van der Waals surface area contributed by atoms with Crippen molar-refractivity contribution in [2.45, 2.75) is 13.3 Å². The predicted octanol–water partition coefficient (Wildman–Crippen LogP) is 3.88. The molecule has 0 bridgehead atoms. The van der Waals surface area contributed by atoms with Crippen molar-refractivity contribution in [2.24, 2.45) is 5.10 Å². The van der Waals surface area contributed by atoms with Gasteiger partial charge >= 0.3 is 0 Å². The van der Waals surface area contributed by atoms with Gasteiger partial charge in [0, 0.05) is 29.1 Å². The highest BCUT2D eigenvalue weighted by Gasteiger charge is 2.11. The van der Waals surface area contributed by atoms with E-state index in [1.54, 1.807) is 25.1 Å². The van der Waals surface area contributed by atoms with Gasteiger partial charge in [-0.3, -0.25) is 19.7 Å². The number of nitrogens with zero attached hydrogens (tertiary/aromatic N) is 2. The summed E-state index contributed by atoms with van der Waals surface area (Å²) < 4.78 is 0. The van der Waals surface area contributed by atoms with E-state index < -0.39 is 10.8 Å². The van der Waals surface area contributed by atoms with Gasteiger partial charge in [0.25, 0.3) is 11.6 Å². The summed E-state index contributed by atoms with van der Waals surface area (Å²) in [5.74, 6) is -0.772. The number of non-ortho nitro benzene ring substituents is 1. The van der Waals surface area contributed by atoms with Gasteiger partial charge in [0.05, 0.1) is 11.3 Å². The molecule has 0 fully saturated rings. The standard InChI is InChI=1S/C21H18N4O4/c1-14(12-20(26)22-16-8-5-9-17(13-16)25(28)29)23-24-21(27)19-11-4-7-15-6-2-3-10-18(15)19/h2-11,13H,12H2,1H3,(H,22,26)(H,24,27)/b23-14+. The highest BCUT2D eigenvalue weighted by atomic mass is 16.6. The smallest absolute Gasteiger partial charge is 0.271 e. The topological polar surface area (TPSA) is 114 Å². The van der Waals surface area contributed by atoms with Gasteiger partial charge in [-0.2, -0.15) is 5.10 Å². The molecule has 0 atom stereocenters. The summed E-state index contributed by atoms with van der Waals surface area (Å²) in [7, 11) is 0. The molecule has 3 aromatic carbocycles. The summed E-state index contributed by atoms with van der Waals surface area (Å²) in [6, 6.07) is 18.6. The molecule has 2 N–H and O–H groups in total. The summed E-state index contributed by atoms with van der Waals surface area (Å²) in [6.45, 7) is 1.61. The molecule has 0 saturated heterocycles. The lowest BCUT2D eigenvalue weighted by atomic mass is 10.0. The Bertz CT molecular complexity index is 1120. The predicted molar refractivity (Wildman–Crippen MR) is 111 cm³/mol. The Morgan fingerprint density at radius 1 is 1.03 bits per heavy atom. The van der Waals surface area contributed by atoms with Crippen molar-refractivity contribution in [3.05, 3.63) is 82.4 Å². The molecule has 0 aliphatic heterocycles. The number of nitro benzene ring substituents is 1. The zero-order chi connectivity index (χ0) is 20.8. The molecule has 2 amide bonds. The third kappa shape index (κ3) is 5.01. The Morgan fingerprint density at radius 2 is 1.76 bits per heavy atom. The van der Waals surface area contributed by atoms with Crippen LogP contribution in [0.15, 0.2) is 71.8 Å². The first kappa shape index (κ1) is 19.7. The third-order valence-electron chi connectivity index (χ3n) is 4.14. The van der Waals surface area contributed by atoms with E-state index in [1.165, 1.54) is 18.2 Å². The molecule has 0 aliphatic carbocycles. The third-order valence-corrected chi connectivity index (χ3v) is 4.14. The van der Waals surface area contributed by atoms with Gasteiger partial charge in [-0.15, -0.1) is 0 Å². The largest absolute Gasteiger partial charge is 0.326 e. The van der Waals surface area contributed by atoms with Crippen LogP contribution in [-0.4, -0.2) is 22.4 Å². The molecule has 3 aromatic rings. The maximum atomic E-state index is 12.5. The van der Waals surface area contributed by atoms with Gasteiger partial charge in [0.2, 0.25) is 5.91 Å². The summed E-state index contributed by atoms with van der Waals surface area (Å²) in [4.78, 5) is 34.8. The second kappa shape index (κ2) is 8.75. The van der Waals surface area contributed by atoms with E-state index in [9.17, 15) is 19.7 Å². The number of anilines is 1. The van der Waals surface area contributed by atoms with Crippen LogP contribution < -0.4 is 10.7 Å². The van der Waals surface area contributed by atoms with E-state index >= 15 is 0 Å². The fourth-order valence-electron chi connectivity index (χ4n) is 2.80. The van der Waals surface area contributed by atoms with Crippen molar-refractivity contribution in [3.63, 3.8) is 0 Å². The number of amides is 2. The van der Waals surface area contributed by atoms with Crippen LogP contribution in [0, 0.1) is 10.1 Å². The minimum Gasteiger partial charge on any atom is -0.326 e. The minimum absolute atomic E-state index is 0.0709. The normalized spacial score (nSPS) is 11.1. The van der Waals surface area contributed by atoms with E-state index in [1.807, 2.05) is 30.3 Å². The van der Waals surface area contributed by atoms with Crippen molar-refractivity contribution in [3.8, 4) is 0 Å². The first-order valence-electron chi connectivity index (χ1n) is 8.79. The molecule has 29 heavy (non-hydrogen) atoms. The first-order chi connectivity index (χ1) is 13.9. The SMILES string of the molecule is C/C(CC(=O)Nc1cccc([N+](=O)[O-])c1)=N\NC(=O)c1cccc2ccccc12. The Balaban J connectivity index is 1.62. The van der Waals surface area contributed by atoms with Crippen LogP contribution in [0.3, 0.4) is 0 Å². The average Bonchev–Trinajstić information content (AvgIpc) is 2.71. The van der Waals surface area contributed by atoms with Crippen molar-refractivity contribution in [1.82, 2.24) is 5.43 Å². The molecular formula is C21H18N4O4. The van der Waals surface area contributed by atoms with Gasteiger partial charge in [-0.05, 0) is 29.8 Å². The number of rotatable bonds is 6. The van der Waals surface area contributed by atoms with E-state index in [4.69, 9.17) is 0 Å². The molecule has 3 rings (SSSR count). The molecule has 0 radical (unpaired) electrons. The molecule has 0 heterocycles. The lowest BCUT2D eigenvalue weighted by Gasteiger charge is -2.07. The Labute approximate surface area is 166 Å². The summed E-state index contributed by atoms with van der Waals surface area (Å²) in [5, 5.41) is 19.1. The summed E-state index contributed by atoms with van der Waals surface area (Å²) in [5.41, 5.74) is 3.54. The highest BCUT2D eigenvalue weighted by Crippen LogP contribution is 2.19. The fraction of sp³-hybridized carbons (Fsp3) is 0.0952. The quantitative estimate of drug-likeness (QED) is 0.378. The number of hydrazone groups is 1. The van der Waals surface area contributed by atoms with Crippen LogP contribution in [0.25, 0.3) is 10.8 Å². The minimum atomic E-state index is -0.537. The van der Waals surface area contributed by atoms with Crippen molar-refractivity contribution in [2.75, 3.05) is 5.32 Å². The zero-order valence-corrected chi connectivity index (χ0v) is 15.6. The zero-order valence-electron chi connectivity index (χ0n) is 15.6. The Morgan fingerprint density at radius 3 is 2.55 bits per heavy atom. The van der Waals surface area contributed by atoms with Crippen LogP contribution in [0.5, 0.6) is 0 Å². The molecule has 0 spiro atoms. The molecule has 0 aliphatic rings. The number of benzene rings is 3. The van der Waals surface area contributed by atoms with Crippen molar-refractivity contribution in [1.29, 1.82) is 0 Å². The Kier molecular flexibility index (Phi) is 5.94. The van der Waals surface area contributed by atoms with Crippen molar-refractivity contribution >= 4 is 39.7 Å². The number of fused-ring (bicyclic) bond motifs is 1. The maximum Gasteiger partial charge on any atom is 0.271 e. The summed E-state index contributed by atoms with van der Waals surface area (Å²) in [6.07, 6.45) is -0.0709. The van der Waals surface area contributed by atoms with Crippen LogP contribution in [0.4, 0.5) is 11.4 Å². The number of nitro groups is 1. The Hall–Kier alpha value is -4.07. The molecular weight excluding hydrogens is 372 g/mol. The molecule has 0 saturated carbocycles. The monoisotopic (exact) mass is 390 g/mol. The molecule has 8 nitrogen and oxygen atoms in total. The lowest BCUT2D eigenvalue weighted by molar-refractivity contribution is -0.384. The summed E-state index contributed by atoms with van der Waals surface area (Å²) >= 11 is 0. The molecule has 146 valence electrons. The van der Waals surface area contributed by atoms with Crippen molar-refractivity contribution < 1.29 is 14.5 Å². The second-order valence-corrected chi connectivity index (χ2v) is 6.35. The van der Waals surface area contributed by atoms with Crippen LogP contribution in [-0.2, 0) is 4.79 Å². The lowest BCUT2D eigenvalue weighted by Crippen LogP contribution is -2.21. The van der Waals surface area contributed by atoms with E-state index in [0.29, 0.717) is 17.0 Å². The van der Waals surface area contributed by atoms with Gasteiger partial charge in [0.1, 0.15) is 0 Å². The van der Waals surface area contributed by atoms with E-state index in [0.717, 1.165) is 10.8 Å². The van der Waals surface area contributed by atoms with E-state index in [2.05, 4.69) is 15.8 Å². The number of carbonyl (C=O) groups excluding carboxylic acids is 2. The first-order valence-corrected chi connectivity index (χ1v) is 8.79. The molecule has 0 unspecified atom stereocenters. The molecule has 8 heteroatoms. The van der Waals surface area contributed by atoms with Gasteiger partial charge < -0.3 is 5.32 Å². The fourth-order valence-corrected chi connectivity index (χ4v) is 2.80. The second-order valence-electron chi connectivity index (χ2n) is 6.35. The highest BCUT2D eigenvalue weighted by molar-refractivity contribution is 6.08. The number of carbonyl (C=O) groups is 2. The van der Waals surface area contributed by atoms with Gasteiger partial charge in [-0.25, -0.2) is 5.43 Å². The average molecular weight is 390 g/mol.